The average Bonchev–Trinajstić information content (AvgIpc) is 3.03. The Labute approximate surface area is 165 Å². The molecule has 1 aromatic carbocycles. The summed E-state index contributed by atoms with van der Waals surface area (Å²) in [5, 5.41) is 0. The number of nitrogens with two attached hydrogens (primary N) is 1. The van der Waals surface area contributed by atoms with Gasteiger partial charge in [-0.2, -0.15) is 0 Å². The molecule has 0 saturated carbocycles. The lowest BCUT2D eigenvalue weighted by atomic mass is 9.94. The van der Waals surface area contributed by atoms with Gasteiger partial charge in [-0.1, -0.05) is 12.1 Å². The van der Waals surface area contributed by atoms with E-state index in [9.17, 15) is 4.79 Å². The van der Waals surface area contributed by atoms with Gasteiger partial charge in [0.25, 0.3) is 0 Å². The number of anilines is 1. The van der Waals surface area contributed by atoms with Crippen molar-refractivity contribution in [2.75, 3.05) is 18.8 Å². The molecule has 146 valence electrons. The summed E-state index contributed by atoms with van der Waals surface area (Å²) in [4.78, 5) is 23.7. The van der Waals surface area contributed by atoms with E-state index < -0.39 is 0 Å². The number of amides is 1. The summed E-state index contributed by atoms with van der Waals surface area (Å²) >= 11 is 0. The third-order valence-electron chi connectivity index (χ3n) is 5.92. The number of carbonyl (C=O) groups excluding carboxylic acids is 1. The van der Waals surface area contributed by atoms with Crippen LogP contribution in [0.5, 0.6) is 0 Å². The van der Waals surface area contributed by atoms with Crippen molar-refractivity contribution >= 4 is 22.6 Å². The van der Waals surface area contributed by atoms with Crippen molar-refractivity contribution in [1.82, 2.24) is 19.4 Å². The standard InChI is InChI=1S/C22H27N5O/c1-15(18-3-5-19(23)6-4-18)22(28)26-11-8-17(9-12-26)14-27-16(2)25-20-13-24-10-7-21(20)27/h3-7,10,13,15,17H,8-9,11-12,14,23H2,1-2H3. The topological polar surface area (TPSA) is 77.0 Å². The molecule has 0 aliphatic carbocycles. The molecule has 0 spiro atoms. The normalized spacial score (nSPS) is 16.4. The van der Waals surface area contributed by atoms with E-state index in [2.05, 4.69) is 14.5 Å². The number of imidazole rings is 1. The van der Waals surface area contributed by atoms with Crippen molar-refractivity contribution < 1.29 is 4.79 Å². The summed E-state index contributed by atoms with van der Waals surface area (Å²) in [7, 11) is 0. The maximum atomic E-state index is 12.9. The number of rotatable bonds is 4. The van der Waals surface area contributed by atoms with Crippen molar-refractivity contribution in [2.45, 2.75) is 39.2 Å². The van der Waals surface area contributed by atoms with E-state index in [0.29, 0.717) is 5.92 Å². The molecule has 1 aliphatic heterocycles. The Hall–Kier alpha value is -2.89. The fraction of sp³-hybridized carbons (Fsp3) is 0.409. The monoisotopic (exact) mass is 377 g/mol. The van der Waals surface area contributed by atoms with E-state index in [4.69, 9.17) is 5.73 Å². The molecule has 3 heterocycles. The Bertz CT molecular complexity index is 970. The van der Waals surface area contributed by atoms with Crippen molar-refractivity contribution in [3.05, 3.63) is 54.1 Å². The van der Waals surface area contributed by atoms with Gasteiger partial charge < -0.3 is 15.2 Å². The van der Waals surface area contributed by atoms with Gasteiger partial charge in [0.2, 0.25) is 5.91 Å². The molecule has 1 atom stereocenters. The van der Waals surface area contributed by atoms with E-state index in [1.54, 1.807) is 0 Å². The number of nitrogen functional groups attached to an aromatic ring is 1. The minimum absolute atomic E-state index is 0.135. The van der Waals surface area contributed by atoms with Crippen LogP contribution in [0.2, 0.25) is 0 Å². The van der Waals surface area contributed by atoms with Gasteiger partial charge in [-0.15, -0.1) is 0 Å². The number of nitrogens with zero attached hydrogens (tertiary/aromatic N) is 4. The fourth-order valence-corrected chi connectivity index (χ4v) is 4.13. The molecular weight excluding hydrogens is 350 g/mol. The molecule has 28 heavy (non-hydrogen) atoms. The molecule has 1 aliphatic rings. The first-order valence-electron chi connectivity index (χ1n) is 9.94. The van der Waals surface area contributed by atoms with Crippen LogP contribution in [-0.4, -0.2) is 38.4 Å². The molecule has 1 fully saturated rings. The van der Waals surface area contributed by atoms with E-state index in [1.165, 1.54) is 0 Å². The van der Waals surface area contributed by atoms with Crippen LogP contribution in [0.1, 0.15) is 37.1 Å². The highest BCUT2D eigenvalue weighted by Crippen LogP contribution is 2.26. The number of carbonyl (C=O) groups is 1. The Kier molecular flexibility index (Phi) is 5.03. The molecule has 4 rings (SSSR count). The van der Waals surface area contributed by atoms with Crippen LogP contribution in [0.15, 0.2) is 42.7 Å². The third-order valence-corrected chi connectivity index (χ3v) is 5.92. The van der Waals surface area contributed by atoms with Crippen LogP contribution in [-0.2, 0) is 11.3 Å². The number of hydrogen-bond donors (Lipinski definition) is 1. The number of benzene rings is 1. The highest BCUT2D eigenvalue weighted by atomic mass is 16.2. The van der Waals surface area contributed by atoms with E-state index in [-0.39, 0.29) is 11.8 Å². The predicted molar refractivity (Wildman–Crippen MR) is 111 cm³/mol. The van der Waals surface area contributed by atoms with E-state index in [0.717, 1.165) is 60.6 Å². The fourth-order valence-electron chi connectivity index (χ4n) is 4.13. The number of aryl methyl sites for hydroxylation is 1. The first-order valence-corrected chi connectivity index (χ1v) is 9.94. The van der Waals surface area contributed by atoms with Gasteiger partial charge in [-0.25, -0.2) is 4.98 Å². The second-order valence-corrected chi connectivity index (χ2v) is 7.79. The van der Waals surface area contributed by atoms with Gasteiger partial charge in [-0.3, -0.25) is 9.78 Å². The van der Waals surface area contributed by atoms with Crippen LogP contribution in [0.3, 0.4) is 0 Å². The number of fused-ring (bicyclic) bond motifs is 1. The SMILES string of the molecule is Cc1nc2cnccc2n1CC1CCN(C(=O)C(C)c2ccc(N)cc2)CC1. The Morgan fingerprint density at radius 3 is 2.64 bits per heavy atom. The molecule has 3 aromatic rings. The zero-order valence-corrected chi connectivity index (χ0v) is 16.5. The summed E-state index contributed by atoms with van der Waals surface area (Å²) < 4.78 is 2.29. The molecule has 0 bridgehead atoms. The van der Waals surface area contributed by atoms with Crippen molar-refractivity contribution in [2.24, 2.45) is 5.92 Å². The Morgan fingerprint density at radius 1 is 1.21 bits per heavy atom. The minimum Gasteiger partial charge on any atom is -0.399 e. The van der Waals surface area contributed by atoms with Crippen molar-refractivity contribution in [3.8, 4) is 0 Å². The average molecular weight is 377 g/mol. The molecular formula is C22H27N5O. The molecule has 2 N–H and O–H groups in total. The van der Waals surface area contributed by atoms with Crippen molar-refractivity contribution in [3.63, 3.8) is 0 Å². The van der Waals surface area contributed by atoms with Crippen LogP contribution in [0.25, 0.3) is 11.0 Å². The summed E-state index contributed by atoms with van der Waals surface area (Å²) in [6.07, 6.45) is 5.67. The highest BCUT2D eigenvalue weighted by molar-refractivity contribution is 5.83. The summed E-state index contributed by atoms with van der Waals surface area (Å²) in [5.74, 6) is 1.65. The van der Waals surface area contributed by atoms with E-state index >= 15 is 0 Å². The lowest BCUT2D eigenvalue weighted by Crippen LogP contribution is -2.41. The predicted octanol–water partition coefficient (Wildman–Crippen LogP) is 3.36. The number of aromatic nitrogens is 3. The Morgan fingerprint density at radius 2 is 1.93 bits per heavy atom. The van der Waals surface area contributed by atoms with Gasteiger partial charge in [-0.05, 0) is 56.4 Å². The summed E-state index contributed by atoms with van der Waals surface area (Å²) in [6.45, 7) is 6.61. The van der Waals surface area contributed by atoms with Gasteiger partial charge >= 0.3 is 0 Å². The second kappa shape index (κ2) is 7.62. The maximum absolute atomic E-state index is 12.9. The lowest BCUT2D eigenvalue weighted by molar-refractivity contribution is -0.133. The molecule has 1 saturated heterocycles. The summed E-state index contributed by atoms with van der Waals surface area (Å²) in [6, 6.07) is 9.65. The smallest absolute Gasteiger partial charge is 0.229 e. The quantitative estimate of drug-likeness (QED) is 0.707. The van der Waals surface area contributed by atoms with Gasteiger partial charge in [0.1, 0.15) is 11.3 Å². The van der Waals surface area contributed by atoms with E-state index in [1.807, 2.05) is 61.5 Å². The zero-order chi connectivity index (χ0) is 19.7. The van der Waals surface area contributed by atoms with Crippen molar-refractivity contribution in [1.29, 1.82) is 0 Å². The molecule has 1 amide bonds. The largest absolute Gasteiger partial charge is 0.399 e. The second-order valence-electron chi connectivity index (χ2n) is 7.79. The van der Waals surface area contributed by atoms with Gasteiger partial charge in [0.15, 0.2) is 0 Å². The summed E-state index contributed by atoms with van der Waals surface area (Å²) in [5.41, 5.74) is 9.60. The number of piperidine rings is 1. The molecule has 6 heteroatoms. The number of likely N-dealkylation sites (tertiary alicyclic amines) is 1. The van der Waals surface area contributed by atoms with Gasteiger partial charge in [0.05, 0.1) is 17.6 Å². The molecule has 0 radical (unpaired) electrons. The third kappa shape index (κ3) is 3.59. The van der Waals surface area contributed by atoms with Crippen LogP contribution in [0, 0.1) is 12.8 Å². The van der Waals surface area contributed by atoms with Crippen LogP contribution in [0.4, 0.5) is 5.69 Å². The maximum Gasteiger partial charge on any atom is 0.229 e. The Balaban J connectivity index is 1.38. The van der Waals surface area contributed by atoms with Crippen LogP contribution < -0.4 is 5.73 Å². The molecule has 1 unspecified atom stereocenters. The number of hydrogen-bond acceptors (Lipinski definition) is 4. The highest BCUT2D eigenvalue weighted by Gasteiger charge is 2.27. The number of pyridine rings is 1. The first kappa shape index (κ1) is 18.5. The minimum atomic E-state index is -0.135. The molecule has 6 nitrogen and oxygen atoms in total. The lowest BCUT2D eigenvalue weighted by Gasteiger charge is -2.34. The molecule has 2 aromatic heterocycles. The van der Waals surface area contributed by atoms with Crippen LogP contribution >= 0.6 is 0 Å². The van der Waals surface area contributed by atoms with Gasteiger partial charge in [0, 0.05) is 31.5 Å². The zero-order valence-electron chi connectivity index (χ0n) is 16.5. The first-order chi connectivity index (χ1) is 13.5.